The van der Waals surface area contributed by atoms with E-state index < -0.39 is 40.8 Å². The van der Waals surface area contributed by atoms with E-state index in [0.717, 1.165) is 17.8 Å². The Kier molecular flexibility index (Phi) is 8.64. The standard InChI is InChI=1S/C27H22Cl3F2N3O6S/c1-40-18-8-15-11-34(10-14(15)7-17(18)35-5-2-6-41-26(35)39)25(38)21-19(9-20(27(30,31)32)33-24(21)37)42-23-16(28)4-3-13(12-36)22(23)29/h3-4,7-9,36H,2,5-6,10-12H2,1H3,(H,33,37). The number of nitrogens with zero attached hydrogens (tertiary/aromatic N) is 2. The summed E-state index contributed by atoms with van der Waals surface area (Å²) in [6, 6.07) is 7.27. The highest BCUT2D eigenvalue weighted by Gasteiger charge is 2.35. The molecule has 0 aliphatic carbocycles. The Labute approximate surface area is 257 Å². The Hall–Kier alpha value is -3.03. The second-order valence-electron chi connectivity index (χ2n) is 9.43. The lowest BCUT2D eigenvalue weighted by atomic mass is 10.1. The van der Waals surface area contributed by atoms with Gasteiger partial charge in [-0.05, 0) is 59.0 Å². The van der Waals surface area contributed by atoms with E-state index in [1.165, 1.54) is 29.0 Å². The number of halogens is 5. The summed E-state index contributed by atoms with van der Waals surface area (Å²) in [5, 5.41) is 5.83. The van der Waals surface area contributed by atoms with Crippen LogP contribution in [0.5, 0.6) is 5.75 Å². The zero-order valence-corrected chi connectivity index (χ0v) is 24.9. The van der Waals surface area contributed by atoms with Gasteiger partial charge in [-0.15, -0.1) is 0 Å². The Morgan fingerprint density at radius 1 is 1.19 bits per heavy atom. The van der Waals surface area contributed by atoms with Gasteiger partial charge in [0.25, 0.3) is 11.5 Å². The minimum atomic E-state index is -3.94. The normalized spacial score (nSPS) is 15.1. The van der Waals surface area contributed by atoms with E-state index in [2.05, 4.69) is 0 Å². The van der Waals surface area contributed by atoms with Gasteiger partial charge >= 0.3 is 11.5 Å². The fraction of sp³-hybridized carbons (Fsp3) is 0.296. The van der Waals surface area contributed by atoms with Crippen molar-refractivity contribution in [3.8, 4) is 5.75 Å². The van der Waals surface area contributed by atoms with Gasteiger partial charge in [-0.2, -0.15) is 8.78 Å². The highest BCUT2D eigenvalue weighted by Crippen LogP contribution is 2.43. The molecule has 2 aliphatic heterocycles. The zero-order valence-electron chi connectivity index (χ0n) is 21.8. The van der Waals surface area contributed by atoms with Crippen molar-refractivity contribution in [3.05, 3.63) is 78.7 Å². The van der Waals surface area contributed by atoms with Crippen LogP contribution in [0, 0.1) is 0 Å². The van der Waals surface area contributed by atoms with Crippen LogP contribution in [-0.4, -0.2) is 47.3 Å². The zero-order chi connectivity index (χ0) is 30.3. The van der Waals surface area contributed by atoms with Crippen molar-refractivity contribution in [2.24, 2.45) is 0 Å². The number of aromatic amines is 1. The SMILES string of the molecule is COc1cc2c(cc1N1CCCOC1=O)CN(C(=O)c1c(Sc3c(Cl)ccc(CO)c3Cl)cc(C(F)(F)Cl)[nH]c1=O)C2. The summed E-state index contributed by atoms with van der Waals surface area (Å²) in [5.41, 5.74) is -0.236. The van der Waals surface area contributed by atoms with Crippen LogP contribution in [0.4, 0.5) is 19.3 Å². The van der Waals surface area contributed by atoms with Gasteiger partial charge in [0.15, 0.2) is 0 Å². The monoisotopic (exact) mass is 659 g/mol. The molecular formula is C27H22Cl3F2N3O6S. The fourth-order valence-electron chi connectivity index (χ4n) is 4.73. The van der Waals surface area contributed by atoms with Gasteiger partial charge in [0.1, 0.15) is 17.0 Å². The number of nitrogens with one attached hydrogen (secondary N) is 1. The predicted octanol–water partition coefficient (Wildman–Crippen LogP) is 6.12. The van der Waals surface area contributed by atoms with E-state index in [1.807, 2.05) is 4.98 Å². The molecule has 0 unspecified atom stereocenters. The number of anilines is 1. The molecule has 222 valence electrons. The molecule has 9 nitrogen and oxygen atoms in total. The number of carbonyl (C=O) groups is 2. The minimum absolute atomic E-state index is 0.0392. The number of cyclic esters (lactones) is 1. The van der Waals surface area contributed by atoms with E-state index in [9.17, 15) is 28.3 Å². The van der Waals surface area contributed by atoms with Gasteiger partial charge in [-0.25, -0.2) is 4.79 Å². The van der Waals surface area contributed by atoms with Crippen LogP contribution in [-0.2, 0) is 29.8 Å². The predicted molar refractivity (Wildman–Crippen MR) is 153 cm³/mol. The van der Waals surface area contributed by atoms with Gasteiger partial charge in [-0.3, -0.25) is 14.5 Å². The number of hydrogen-bond donors (Lipinski definition) is 2. The Balaban J connectivity index is 1.54. The summed E-state index contributed by atoms with van der Waals surface area (Å²) in [6.07, 6.45) is 0.115. The third-order valence-electron chi connectivity index (χ3n) is 6.80. The van der Waals surface area contributed by atoms with Gasteiger partial charge in [-0.1, -0.05) is 41.0 Å². The number of H-pyrrole nitrogens is 1. The Morgan fingerprint density at radius 3 is 2.55 bits per heavy atom. The molecule has 2 amide bonds. The fourth-order valence-corrected chi connectivity index (χ4v) is 6.56. The lowest BCUT2D eigenvalue weighted by Gasteiger charge is -2.28. The van der Waals surface area contributed by atoms with Crippen molar-refractivity contribution >= 4 is 64.3 Å². The average molecular weight is 661 g/mol. The maximum absolute atomic E-state index is 14.1. The molecule has 2 aromatic carbocycles. The molecule has 2 aliphatic rings. The molecule has 3 heterocycles. The van der Waals surface area contributed by atoms with Crippen LogP contribution in [0.2, 0.25) is 10.0 Å². The molecule has 1 saturated heterocycles. The summed E-state index contributed by atoms with van der Waals surface area (Å²) < 4.78 is 38.8. The molecule has 0 bridgehead atoms. The molecule has 3 aromatic rings. The van der Waals surface area contributed by atoms with Gasteiger partial charge in [0.2, 0.25) is 0 Å². The number of hydrogen-bond acceptors (Lipinski definition) is 7. The molecule has 15 heteroatoms. The molecular weight excluding hydrogens is 639 g/mol. The van der Waals surface area contributed by atoms with Crippen molar-refractivity contribution in [1.82, 2.24) is 9.88 Å². The minimum Gasteiger partial charge on any atom is -0.495 e. The number of fused-ring (bicyclic) bond motifs is 1. The second kappa shape index (κ2) is 11.9. The van der Waals surface area contributed by atoms with Crippen LogP contribution in [0.15, 0.2) is 44.9 Å². The van der Waals surface area contributed by atoms with Crippen LogP contribution in [0.25, 0.3) is 0 Å². The molecule has 1 aromatic heterocycles. The molecule has 0 atom stereocenters. The summed E-state index contributed by atoms with van der Waals surface area (Å²) in [7, 11) is 1.46. The number of rotatable bonds is 7. The van der Waals surface area contributed by atoms with Crippen molar-refractivity contribution in [2.75, 3.05) is 25.2 Å². The number of aromatic nitrogens is 1. The average Bonchev–Trinajstić information content (AvgIpc) is 3.37. The van der Waals surface area contributed by atoms with Crippen LogP contribution in [0.1, 0.15) is 39.2 Å². The topological polar surface area (TPSA) is 112 Å². The number of amides is 2. The maximum atomic E-state index is 14.1. The highest BCUT2D eigenvalue weighted by atomic mass is 35.5. The summed E-state index contributed by atoms with van der Waals surface area (Å²) >= 11 is 18.7. The maximum Gasteiger partial charge on any atom is 0.414 e. The molecule has 1 fully saturated rings. The molecule has 0 spiro atoms. The quantitative estimate of drug-likeness (QED) is 0.294. The Morgan fingerprint density at radius 2 is 1.90 bits per heavy atom. The number of aliphatic hydroxyl groups excluding tert-OH is 1. The third-order valence-corrected chi connectivity index (χ3v) is 9.15. The first-order valence-corrected chi connectivity index (χ1v) is 14.4. The van der Waals surface area contributed by atoms with Crippen molar-refractivity contribution in [1.29, 1.82) is 0 Å². The first kappa shape index (κ1) is 30.4. The van der Waals surface area contributed by atoms with Crippen LogP contribution >= 0.6 is 46.6 Å². The van der Waals surface area contributed by atoms with Gasteiger partial charge in [0, 0.05) is 29.4 Å². The molecule has 42 heavy (non-hydrogen) atoms. The van der Waals surface area contributed by atoms with Gasteiger partial charge in [0.05, 0.1) is 36.1 Å². The van der Waals surface area contributed by atoms with E-state index in [0.29, 0.717) is 47.7 Å². The lowest BCUT2D eigenvalue weighted by molar-refractivity contribution is 0.0740. The molecule has 0 saturated carbocycles. The summed E-state index contributed by atoms with van der Waals surface area (Å²) in [6.45, 7) is 0.449. The Bertz CT molecular complexity index is 1650. The molecule has 5 rings (SSSR count). The largest absolute Gasteiger partial charge is 0.495 e. The molecule has 0 radical (unpaired) electrons. The van der Waals surface area contributed by atoms with E-state index in [-0.39, 0.29) is 32.9 Å². The van der Waals surface area contributed by atoms with Crippen LogP contribution < -0.4 is 15.2 Å². The summed E-state index contributed by atoms with van der Waals surface area (Å²) in [4.78, 5) is 44.2. The number of pyridine rings is 1. The van der Waals surface area contributed by atoms with Gasteiger partial charge < -0.3 is 24.5 Å². The first-order chi connectivity index (χ1) is 19.9. The van der Waals surface area contributed by atoms with E-state index in [4.69, 9.17) is 44.3 Å². The van der Waals surface area contributed by atoms with Crippen molar-refractivity contribution in [2.45, 2.75) is 41.3 Å². The smallest absolute Gasteiger partial charge is 0.414 e. The van der Waals surface area contributed by atoms with Crippen molar-refractivity contribution in [3.63, 3.8) is 0 Å². The van der Waals surface area contributed by atoms with Crippen LogP contribution in [0.3, 0.4) is 0 Å². The molecule has 2 N–H and O–H groups in total. The third kappa shape index (κ3) is 5.78. The van der Waals surface area contributed by atoms with Crippen molar-refractivity contribution < 1.29 is 33.0 Å². The number of alkyl halides is 3. The number of methoxy groups -OCH3 is 1. The summed E-state index contributed by atoms with van der Waals surface area (Å²) in [5.74, 6) is -0.347. The highest BCUT2D eigenvalue weighted by molar-refractivity contribution is 7.99. The lowest BCUT2D eigenvalue weighted by Crippen LogP contribution is -2.38. The van der Waals surface area contributed by atoms with E-state index >= 15 is 0 Å². The number of benzene rings is 2. The second-order valence-corrected chi connectivity index (χ2v) is 11.7. The first-order valence-electron chi connectivity index (χ1n) is 12.5. The number of aliphatic hydroxyl groups is 1. The number of ether oxygens (including phenoxy) is 2. The van der Waals surface area contributed by atoms with E-state index in [1.54, 1.807) is 12.1 Å². The number of carbonyl (C=O) groups excluding carboxylic acids is 2.